The van der Waals surface area contributed by atoms with Crippen LogP contribution in [-0.2, 0) is 0 Å². The molecule has 1 atom stereocenters. The van der Waals surface area contributed by atoms with Crippen LogP contribution in [0, 0.1) is 0 Å². The highest BCUT2D eigenvalue weighted by Gasteiger charge is 2.20. The van der Waals surface area contributed by atoms with Gasteiger partial charge in [0.25, 0.3) is 5.91 Å². The third-order valence-electron chi connectivity index (χ3n) is 4.54. The molecule has 0 aliphatic heterocycles. The highest BCUT2D eigenvalue weighted by atomic mass is 32.2. The summed E-state index contributed by atoms with van der Waals surface area (Å²) in [6.45, 7) is 0. The Hall–Kier alpha value is -3.46. The van der Waals surface area contributed by atoms with Gasteiger partial charge in [-0.25, -0.2) is 9.97 Å². The molecule has 0 bridgehead atoms. The molecule has 30 heavy (non-hydrogen) atoms. The normalized spacial score (nSPS) is 11.9. The van der Waals surface area contributed by atoms with Crippen molar-refractivity contribution >= 4 is 35.0 Å². The monoisotopic (exact) mass is 419 g/mol. The lowest BCUT2D eigenvalue weighted by Crippen LogP contribution is -2.30. The van der Waals surface area contributed by atoms with Crippen molar-refractivity contribution in [2.24, 2.45) is 0 Å². The molecule has 0 aliphatic rings. The maximum atomic E-state index is 12.9. The number of carbonyl (C=O) groups excluding carboxylic acids is 1. The van der Waals surface area contributed by atoms with Gasteiger partial charge in [0.1, 0.15) is 0 Å². The lowest BCUT2D eigenvalue weighted by Gasteiger charge is -2.17. The summed E-state index contributed by atoms with van der Waals surface area (Å²) >= 11 is 1.73. The van der Waals surface area contributed by atoms with Crippen LogP contribution >= 0.6 is 11.8 Å². The first-order valence-corrected chi connectivity index (χ1v) is 10.9. The van der Waals surface area contributed by atoms with E-state index in [-0.39, 0.29) is 11.9 Å². The molecule has 1 amide bonds. The van der Waals surface area contributed by atoms with Crippen LogP contribution in [0.15, 0.2) is 67.1 Å². The predicted octanol–water partition coefficient (Wildman–Crippen LogP) is 3.49. The standard InChI is InChI=1S/C21H21N7OS/c1-30-14-10-17(19-27-26-18-5-2-3-13-28(18)19)25-20(29)15-6-8-16(9-7-15)24-21-22-11-4-12-23-21/h2-9,11-13,17H,10,14H2,1H3,(H,25,29)(H,22,23,24)/t17-/m1/s1. The molecule has 0 saturated heterocycles. The topological polar surface area (TPSA) is 97.1 Å². The number of nitrogens with zero attached hydrogens (tertiary/aromatic N) is 5. The number of fused-ring (bicyclic) bond motifs is 1. The van der Waals surface area contributed by atoms with Crippen molar-refractivity contribution in [3.63, 3.8) is 0 Å². The van der Waals surface area contributed by atoms with Crippen molar-refractivity contribution in [3.05, 3.63) is 78.5 Å². The molecule has 8 nitrogen and oxygen atoms in total. The van der Waals surface area contributed by atoms with Gasteiger partial charge in [0.15, 0.2) is 11.5 Å². The molecule has 9 heteroatoms. The molecule has 0 radical (unpaired) electrons. The third-order valence-corrected chi connectivity index (χ3v) is 5.18. The number of amides is 1. The van der Waals surface area contributed by atoms with E-state index in [0.717, 1.165) is 29.3 Å². The summed E-state index contributed by atoms with van der Waals surface area (Å²) in [5.41, 5.74) is 2.13. The maximum absolute atomic E-state index is 12.9. The van der Waals surface area contributed by atoms with Crippen molar-refractivity contribution in [3.8, 4) is 0 Å². The van der Waals surface area contributed by atoms with Crippen molar-refractivity contribution in [1.29, 1.82) is 0 Å². The minimum absolute atomic E-state index is 0.156. The zero-order chi connectivity index (χ0) is 20.8. The molecule has 4 aromatic rings. The molecule has 0 unspecified atom stereocenters. The SMILES string of the molecule is CSCC[C@@H](NC(=O)c1ccc(Nc2ncccn2)cc1)c1nnc2ccccn12. The summed E-state index contributed by atoms with van der Waals surface area (Å²) in [7, 11) is 0. The Labute approximate surface area is 178 Å². The number of benzene rings is 1. The number of thioether (sulfide) groups is 1. The minimum Gasteiger partial charge on any atom is -0.342 e. The molecule has 3 aromatic heterocycles. The molecular formula is C21H21N7OS. The van der Waals surface area contributed by atoms with E-state index in [9.17, 15) is 4.79 Å². The number of anilines is 2. The predicted molar refractivity (Wildman–Crippen MR) is 118 cm³/mol. The van der Waals surface area contributed by atoms with Crippen LogP contribution in [0.1, 0.15) is 28.6 Å². The van der Waals surface area contributed by atoms with Crippen molar-refractivity contribution in [2.75, 3.05) is 17.3 Å². The fourth-order valence-corrected chi connectivity index (χ4v) is 3.51. The highest BCUT2D eigenvalue weighted by molar-refractivity contribution is 7.98. The molecule has 2 N–H and O–H groups in total. The van der Waals surface area contributed by atoms with Gasteiger partial charge in [-0.3, -0.25) is 9.20 Å². The van der Waals surface area contributed by atoms with E-state index in [1.165, 1.54) is 0 Å². The fraction of sp³-hybridized carbons (Fsp3) is 0.190. The van der Waals surface area contributed by atoms with Gasteiger partial charge in [-0.05, 0) is 60.9 Å². The summed E-state index contributed by atoms with van der Waals surface area (Å²) in [5.74, 6) is 1.97. The number of pyridine rings is 1. The van der Waals surface area contributed by atoms with Crippen LogP contribution in [0.5, 0.6) is 0 Å². The number of nitrogens with one attached hydrogen (secondary N) is 2. The van der Waals surface area contributed by atoms with E-state index in [1.54, 1.807) is 42.4 Å². The highest BCUT2D eigenvalue weighted by Crippen LogP contribution is 2.20. The largest absolute Gasteiger partial charge is 0.342 e. The van der Waals surface area contributed by atoms with Gasteiger partial charge in [-0.1, -0.05) is 6.07 Å². The van der Waals surface area contributed by atoms with Crippen molar-refractivity contribution < 1.29 is 4.79 Å². The Kier molecular flexibility index (Phi) is 6.19. The van der Waals surface area contributed by atoms with Crippen LogP contribution < -0.4 is 10.6 Å². The van der Waals surface area contributed by atoms with Gasteiger partial charge in [-0.2, -0.15) is 11.8 Å². The van der Waals surface area contributed by atoms with Gasteiger partial charge >= 0.3 is 0 Å². The molecule has 0 fully saturated rings. The molecule has 152 valence electrons. The summed E-state index contributed by atoms with van der Waals surface area (Å²) in [4.78, 5) is 21.2. The van der Waals surface area contributed by atoms with Crippen molar-refractivity contribution in [2.45, 2.75) is 12.5 Å². The van der Waals surface area contributed by atoms with E-state index >= 15 is 0 Å². The zero-order valence-corrected chi connectivity index (χ0v) is 17.2. The van der Waals surface area contributed by atoms with Crippen LogP contribution in [0.2, 0.25) is 0 Å². The average Bonchev–Trinajstić information content (AvgIpc) is 3.22. The van der Waals surface area contributed by atoms with Crippen LogP contribution in [0.4, 0.5) is 11.6 Å². The number of carbonyl (C=O) groups is 1. The van der Waals surface area contributed by atoms with E-state index in [0.29, 0.717) is 11.5 Å². The van der Waals surface area contributed by atoms with Gasteiger partial charge in [0.05, 0.1) is 6.04 Å². The quantitative estimate of drug-likeness (QED) is 0.451. The zero-order valence-electron chi connectivity index (χ0n) is 16.4. The lowest BCUT2D eigenvalue weighted by atomic mass is 10.1. The van der Waals surface area contributed by atoms with Gasteiger partial charge in [0, 0.05) is 29.8 Å². The average molecular weight is 420 g/mol. The van der Waals surface area contributed by atoms with Crippen LogP contribution in [0.25, 0.3) is 5.65 Å². The summed E-state index contributed by atoms with van der Waals surface area (Å²) in [5, 5.41) is 14.7. The van der Waals surface area contributed by atoms with Gasteiger partial charge in [0.2, 0.25) is 5.95 Å². The van der Waals surface area contributed by atoms with Crippen LogP contribution in [-0.4, -0.2) is 42.5 Å². The molecule has 0 aliphatic carbocycles. The number of rotatable bonds is 8. The third kappa shape index (κ3) is 4.57. The fourth-order valence-electron chi connectivity index (χ4n) is 3.04. The van der Waals surface area contributed by atoms with E-state index in [4.69, 9.17) is 0 Å². The molecule has 3 heterocycles. The van der Waals surface area contributed by atoms with E-state index < -0.39 is 0 Å². The second-order valence-corrected chi connectivity index (χ2v) is 7.55. The molecule has 0 saturated carbocycles. The Morgan fingerprint density at radius 3 is 2.63 bits per heavy atom. The maximum Gasteiger partial charge on any atom is 0.251 e. The van der Waals surface area contributed by atoms with E-state index in [2.05, 4.69) is 30.8 Å². The molecule has 4 rings (SSSR count). The van der Waals surface area contributed by atoms with E-state index in [1.807, 2.05) is 47.2 Å². The Balaban J connectivity index is 1.49. The second-order valence-electron chi connectivity index (χ2n) is 6.57. The number of hydrogen-bond acceptors (Lipinski definition) is 7. The number of hydrogen-bond donors (Lipinski definition) is 2. The first kappa shape index (κ1) is 19.8. The van der Waals surface area contributed by atoms with Gasteiger partial charge in [-0.15, -0.1) is 10.2 Å². The molecule has 0 spiro atoms. The first-order valence-electron chi connectivity index (χ1n) is 9.48. The molecular weight excluding hydrogens is 398 g/mol. The number of aromatic nitrogens is 5. The first-order chi connectivity index (χ1) is 14.7. The van der Waals surface area contributed by atoms with Gasteiger partial charge < -0.3 is 10.6 Å². The second kappa shape index (κ2) is 9.36. The smallest absolute Gasteiger partial charge is 0.251 e. The molecule has 1 aromatic carbocycles. The summed E-state index contributed by atoms with van der Waals surface area (Å²) < 4.78 is 1.91. The van der Waals surface area contributed by atoms with Crippen molar-refractivity contribution in [1.82, 2.24) is 29.9 Å². The Bertz CT molecular complexity index is 1120. The summed E-state index contributed by atoms with van der Waals surface area (Å²) in [6.07, 6.45) is 8.05. The Morgan fingerprint density at radius 1 is 1.07 bits per heavy atom. The van der Waals surface area contributed by atoms with Crippen LogP contribution in [0.3, 0.4) is 0 Å². The minimum atomic E-state index is -0.238. The Morgan fingerprint density at radius 2 is 1.87 bits per heavy atom. The summed E-state index contributed by atoms with van der Waals surface area (Å²) in [6, 6.07) is 14.5. The lowest BCUT2D eigenvalue weighted by molar-refractivity contribution is 0.0934.